The molecule has 2 nitrogen and oxygen atoms in total. The Balaban J connectivity index is 1.37. The van der Waals surface area contributed by atoms with Crippen LogP contribution in [0.1, 0.15) is 83.6 Å². The molecule has 1 aliphatic heterocycles. The Morgan fingerprint density at radius 3 is 2.16 bits per heavy atom. The SMILES string of the molecule is CCCC1CCC(C2CCC(C3Cc4ccc(OCC)c(F)c4OC3(F)F)CC2)CC1. The molecule has 5 heteroatoms. The molecule has 2 saturated carbocycles. The number of hydrogen-bond acceptors (Lipinski definition) is 2. The molecular weight excluding hydrogens is 401 g/mol. The van der Waals surface area contributed by atoms with Crippen LogP contribution in [0.4, 0.5) is 13.2 Å². The highest BCUT2D eigenvalue weighted by Gasteiger charge is 2.51. The molecule has 0 amide bonds. The molecule has 0 bridgehead atoms. The second-order valence-electron chi connectivity index (χ2n) is 10.0. The van der Waals surface area contributed by atoms with Crippen molar-refractivity contribution in [1.29, 1.82) is 0 Å². The van der Waals surface area contributed by atoms with Gasteiger partial charge in [0.15, 0.2) is 11.5 Å². The molecule has 0 radical (unpaired) electrons. The van der Waals surface area contributed by atoms with Crippen molar-refractivity contribution in [3.8, 4) is 11.5 Å². The lowest BCUT2D eigenvalue weighted by molar-refractivity contribution is -0.239. The molecule has 1 aromatic rings. The van der Waals surface area contributed by atoms with Gasteiger partial charge in [0.2, 0.25) is 5.82 Å². The fourth-order valence-electron chi connectivity index (χ4n) is 6.50. The van der Waals surface area contributed by atoms with E-state index in [1.54, 1.807) is 13.0 Å². The van der Waals surface area contributed by atoms with E-state index in [0.717, 1.165) is 37.5 Å². The Labute approximate surface area is 184 Å². The summed E-state index contributed by atoms with van der Waals surface area (Å²) in [6, 6.07) is 3.22. The van der Waals surface area contributed by atoms with Crippen LogP contribution in [0.25, 0.3) is 0 Å². The predicted octanol–water partition coefficient (Wildman–Crippen LogP) is 7.78. The molecule has 2 fully saturated rings. The van der Waals surface area contributed by atoms with Gasteiger partial charge in [-0.05, 0) is 87.2 Å². The van der Waals surface area contributed by atoms with E-state index in [4.69, 9.17) is 9.47 Å². The van der Waals surface area contributed by atoms with Gasteiger partial charge in [0.1, 0.15) is 0 Å². The van der Waals surface area contributed by atoms with Gasteiger partial charge < -0.3 is 9.47 Å². The third-order valence-corrected chi connectivity index (χ3v) is 8.19. The number of benzene rings is 1. The first-order valence-electron chi connectivity index (χ1n) is 12.4. The Hall–Kier alpha value is -1.39. The summed E-state index contributed by atoms with van der Waals surface area (Å²) >= 11 is 0. The summed E-state index contributed by atoms with van der Waals surface area (Å²) in [6.07, 6.45) is 8.54. The maximum atomic E-state index is 15.0. The van der Waals surface area contributed by atoms with Crippen molar-refractivity contribution in [3.05, 3.63) is 23.5 Å². The van der Waals surface area contributed by atoms with Crippen molar-refractivity contribution >= 4 is 0 Å². The van der Waals surface area contributed by atoms with Gasteiger partial charge in [-0.1, -0.05) is 38.7 Å². The van der Waals surface area contributed by atoms with E-state index >= 15 is 0 Å². The van der Waals surface area contributed by atoms with E-state index < -0.39 is 17.8 Å². The number of rotatable bonds is 6. The van der Waals surface area contributed by atoms with E-state index in [1.807, 2.05) is 0 Å². The summed E-state index contributed by atoms with van der Waals surface area (Å²) in [6.45, 7) is 4.28. The fourth-order valence-corrected chi connectivity index (χ4v) is 6.50. The number of fused-ring (bicyclic) bond motifs is 1. The van der Waals surface area contributed by atoms with Crippen molar-refractivity contribution in [3.63, 3.8) is 0 Å². The van der Waals surface area contributed by atoms with Gasteiger partial charge in [0.25, 0.3) is 0 Å². The average molecular weight is 439 g/mol. The highest BCUT2D eigenvalue weighted by atomic mass is 19.3. The van der Waals surface area contributed by atoms with Crippen LogP contribution in [0.15, 0.2) is 12.1 Å². The average Bonchev–Trinajstić information content (AvgIpc) is 2.76. The summed E-state index contributed by atoms with van der Waals surface area (Å²) in [5, 5.41) is 0. The van der Waals surface area contributed by atoms with Gasteiger partial charge in [-0.15, -0.1) is 0 Å². The lowest BCUT2D eigenvalue weighted by Gasteiger charge is -2.42. The molecule has 4 rings (SSSR count). The van der Waals surface area contributed by atoms with Crippen molar-refractivity contribution in [2.75, 3.05) is 6.61 Å². The summed E-state index contributed by atoms with van der Waals surface area (Å²) in [5.74, 6) is 0.275. The molecule has 1 heterocycles. The van der Waals surface area contributed by atoms with Crippen LogP contribution >= 0.6 is 0 Å². The first-order chi connectivity index (χ1) is 14.9. The van der Waals surface area contributed by atoms with Gasteiger partial charge in [-0.25, -0.2) is 0 Å². The molecule has 31 heavy (non-hydrogen) atoms. The van der Waals surface area contributed by atoms with Crippen LogP contribution in [-0.2, 0) is 6.42 Å². The molecule has 0 saturated heterocycles. The standard InChI is InChI=1S/C26H37F3O2/c1-3-5-17-6-8-18(9-7-17)19-10-12-20(13-11-19)22-16-21-14-15-23(30-4-2)24(27)25(21)31-26(22,28)29/h14-15,17-20,22H,3-13,16H2,1-2H3. The molecule has 3 aliphatic rings. The van der Waals surface area contributed by atoms with Crippen molar-refractivity contribution in [2.45, 2.75) is 90.6 Å². The minimum atomic E-state index is -3.34. The summed E-state index contributed by atoms with van der Waals surface area (Å²) in [5.41, 5.74) is 0.535. The predicted molar refractivity (Wildman–Crippen MR) is 116 cm³/mol. The Morgan fingerprint density at radius 1 is 0.935 bits per heavy atom. The van der Waals surface area contributed by atoms with Crippen LogP contribution in [0.3, 0.4) is 0 Å². The summed E-state index contributed by atoms with van der Waals surface area (Å²) in [7, 11) is 0. The largest absolute Gasteiger partial charge is 0.491 e. The normalized spacial score (nSPS) is 32.7. The minimum Gasteiger partial charge on any atom is -0.491 e. The van der Waals surface area contributed by atoms with Crippen molar-refractivity contribution < 1.29 is 22.6 Å². The van der Waals surface area contributed by atoms with Crippen LogP contribution in [0.5, 0.6) is 11.5 Å². The number of alkyl halides is 2. The Morgan fingerprint density at radius 2 is 1.55 bits per heavy atom. The number of halogens is 3. The first kappa shape index (κ1) is 22.8. The van der Waals surface area contributed by atoms with E-state index in [-0.39, 0.29) is 30.4 Å². The number of hydrogen-bond donors (Lipinski definition) is 0. The molecule has 1 atom stereocenters. The van der Waals surface area contributed by atoms with Gasteiger partial charge >= 0.3 is 6.11 Å². The molecule has 1 unspecified atom stereocenters. The van der Waals surface area contributed by atoms with Crippen molar-refractivity contribution in [2.24, 2.45) is 29.6 Å². The molecular formula is C26H37F3O2. The highest BCUT2D eigenvalue weighted by molar-refractivity contribution is 5.44. The quantitative estimate of drug-likeness (QED) is 0.451. The lowest BCUT2D eigenvalue weighted by Crippen LogP contribution is -2.45. The maximum Gasteiger partial charge on any atom is 0.401 e. The molecule has 1 aromatic carbocycles. The zero-order valence-electron chi connectivity index (χ0n) is 19.0. The Bertz CT molecular complexity index is 734. The molecule has 0 N–H and O–H groups in total. The lowest BCUT2D eigenvalue weighted by atomic mass is 9.66. The second kappa shape index (κ2) is 9.62. The van der Waals surface area contributed by atoms with Gasteiger partial charge in [0, 0.05) is 0 Å². The zero-order valence-corrected chi connectivity index (χ0v) is 19.0. The van der Waals surface area contributed by atoms with Crippen LogP contribution in [0.2, 0.25) is 0 Å². The van der Waals surface area contributed by atoms with Crippen LogP contribution < -0.4 is 9.47 Å². The van der Waals surface area contributed by atoms with E-state index in [2.05, 4.69) is 6.92 Å². The van der Waals surface area contributed by atoms with Gasteiger partial charge in [0.05, 0.1) is 12.5 Å². The molecule has 174 valence electrons. The zero-order chi connectivity index (χ0) is 22.0. The van der Waals surface area contributed by atoms with Crippen LogP contribution in [0, 0.1) is 35.4 Å². The molecule has 0 aromatic heterocycles. The summed E-state index contributed by atoms with van der Waals surface area (Å²) < 4.78 is 54.7. The second-order valence-corrected chi connectivity index (χ2v) is 10.0. The highest BCUT2D eigenvalue weighted by Crippen LogP contribution is 2.50. The smallest absolute Gasteiger partial charge is 0.401 e. The van der Waals surface area contributed by atoms with Crippen molar-refractivity contribution in [1.82, 2.24) is 0 Å². The van der Waals surface area contributed by atoms with Gasteiger partial charge in [-0.3, -0.25) is 0 Å². The summed E-state index contributed by atoms with van der Waals surface area (Å²) in [4.78, 5) is 0. The molecule has 0 spiro atoms. The minimum absolute atomic E-state index is 0.0235. The van der Waals surface area contributed by atoms with Crippen LogP contribution in [-0.4, -0.2) is 12.7 Å². The Kier molecular flexibility index (Phi) is 7.07. The van der Waals surface area contributed by atoms with E-state index in [0.29, 0.717) is 11.5 Å². The monoisotopic (exact) mass is 438 g/mol. The first-order valence-corrected chi connectivity index (χ1v) is 12.4. The van der Waals surface area contributed by atoms with Gasteiger partial charge in [-0.2, -0.15) is 13.2 Å². The maximum absolute atomic E-state index is 15.0. The van der Waals surface area contributed by atoms with E-state index in [1.165, 1.54) is 44.6 Å². The third-order valence-electron chi connectivity index (χ3n) is 8.19. The third kappa shape index (κ3) is 4.85. The number of ether oxygens (including phenoxy) is 2. The fraction of sp³-hybridized carbons (Fsp3) is 0.769. The van der Waals surface area contributed by atoms with E-state index in [9.17, 15) is 13.2 Å². The topological polar surface area (TPSA) is 18.5 Å². The molecule has 2 aliphatic carbocycles.